The molecule has 0 atom stereocenters. The average molecular weight is 413 g/mol. The molecule has 4 rings (SSSR count). The molecule has 150 valence electrons. The molecule has 3 nitrogen and oxygen atoms in total. The molecule has 0 aliphatic rings. The highest BCUT2D eigenvalue weighted by atomic mass is 32.1. The average Bonchev–Trinajstić information content (AvgIpc) is 3.21. The largest absolute Gasteiger partial charge is 0.348 e. The Balaban J connectivity index is 1.33. The lowest BCUT2D eigenvalue weighted by Gasteiger charge is -2.05. The highest BCUT2D eigenvalue weighted by molar-refractivity contribution is 7.21. The zero-order valence-electron chi connectivity index (χ0n) is 17.1. The number of amides is 1. The van der Waals surface area contributed by atoms with E-state index in [2.05, 4.69) is 49.5 Å². The van der Waals surface area contributed by atoms with Crippen molar-refractivity contribution >= 4 is 33.5 Å². The third kappa shape index (κ3) is 4.84. The molecule has 0 saturated carbocycles. The Kier molecular flexibility index (Phi) is 6.05. The zero-order chi connectivity index (χ0) is 20.9. The maximum Gasteiger partial charge on any atom is 0.244 e. The number of thiazole rings is 1. The monoisotopic (exact) mass is 412 g/mol. The van der Waals surface area contributed by atoms with Crippen LogP contribution in [0.25, 0.3) is 26.9 Å². The predicted molar refractivity (Wildman–Crippen MR) is 126 cm³/mol. The quantitative estimate of drug-likeness (QED) is 0.372. The summed E-state index contributed by atoms with van der Waals surface area (Å²) < 4.78 is 1.19. The molecule has 0 unspecified atom stereocenters. The Morgan fingerprint density at radius 1 is 1.00 bits per heavy atom. The van der Waals surface area contributed by atoms with Gasteiger partial charge in [-0.15, -0.1) is 11.3 Å². The number of hydrogen-bond acceptors (Lipinski definition) is 3. The molecular formula is C26H24N2OS. The molecule has 1 N–H and O–H groups in total. The van der Waals surface area contributed by atoms with Crippen molar-refractivity contribution in [2.24, 2.45) is 0 Å². The summed E-state index contributed by atoms with van der Waals surface area (Å²) in [6.07, 6.45) is 3.43. The van der Waals surface area contributed by atoms with E-state index in [9.17, 15) is 4.79 Å². The minimum atomic E-state index is -0.0989. The second-order valence-corrected chi connectivity index (χ2v) is 8.59. The van der Waals surface area contributed by atoms with Crippen LogP contribution in [0.2, 0.25) is 0 Å². The number of carbonyl (C=O) groups is 1. The SMILES string of the molecule is CC(C)c1ccc(/C=C/C(=O)NCc2ccc(-c3nc4ccccc4s3)cc2)cc1. The summed E-state index contributed by atoms with van der Waals surface area (Å²) in [5, 5.41) is 3.95. The van der Waals surface area contributed by atoms with Crippen molar-refractivity contribution in [1.29, 1.82) is 0 Å². The molecular weight excluding hydrogens is 388 g/mol. The van der Waals surface area contributed by atoms with Gasteiger partial charge in [0.1, 0.15) is 5.01 Å². The van der Waals surface area contributed by atoms with E-state index >= 15 is 0 Å². The van der Waals surface area contributed by atoms with Gasteiger partial charge in [-0.25, -0.2) is 4.98 Å². The van der Waals surface area contributed by atoms with Crippen molar-refractivity contribution in [3.8, 4) is 10.6 Å². The van der Waals surface area contributed by atoms with E-state index in [0.717, 1.165) is 27.2 Å². The first kappa shape index (κ1) is 20.0. The van der Waals surface area contributed by atoms with Crippen LogP contribution < -0.4 is 5.32 Å². The van der Waals surface area contributed by atoms with Crippen LogP contribution >= 0.6 is 11.3 Å². The number of nitrogens with zero attached hydrogens (tertiary/aromatic N) is 1. The summed E-state index contributed by atoms with van der Waals surface area (Å²) in [4.78, 5) is 16.8. The van der Waals surface area contributed by atoms with Gasteiger partial charge in [0.2, 0.25) is 5.91 Å². The molecule has 0 aliphatic heterocycles. The zero-order valence-corrected chi connectivity index (χ0v) is 17.9. The molecule has 0 saturated heterocycles. The second-order valence-electron chi connectivity index (χ2n) is 7.56. The highest BCUT2D eigenvalue weighted by Gasteiger charge is 2.06. The van der Waals surface area contributed by atoms with Crippen molar-refractivity contribution < 1.29 is 4.79 Å². The number of rotatable bonds is 6. The van der Waals surface area contributed by atoms with E-state index < -0.39 is 0 Å². The third-order valence-electron chi connectivity index (χ3n) is 4.99. The van der Waals surface area contributed by atoms with Gasteiger partial charge < -0.3 is 5.32 Å². The molecule has 30 heavy (non-hydrogen) atoms. The lowest BCUT2D eigenvalue weighted by molar-refractivity contribution is -0.116. The minimum absolute atomic E-state index is 0.0989. The van der Waals surface area contributed by atoms with Crippen LogP contribution in [-0.4, -0.2) is 10.9 Å². The summed E-state index contributed by atoms with van der Waals surface area (Å²) in [6.45, 7) is 4.84. The lowest BCUT2D eigenvalue weighted by atomic mass is 10.0. The Bertz CT molecular complexity index is 1140. The Morgan fingerprint density at radius 2 is 1.73 bits per heavy atom. The van der Waals surface area contributed by atoms with Crippen LogP contribution in [-0.2, 0) is 11.3 Å². The standard InChI is InChI=1S/C26H24N2OS/c1-18(2)21-12-7-19(8-13-21)11-16-25(29)27-17-20-9-14-22(15-10-20)26-28-23-5-3-4-6-24(23)30-26/h3-16,18H,17H2,1-2H3,(H,27,29)/b16-11+. The second kappa shape index (κ2) is 9.06. The maximum atomic E-state index is 12.1. The fourth-order valence-electron chi connectivity index (χ4n) is 3.17. The van der Waals surface area contributed by atoms with Gasteiger partial charge in [0.05, 0.1) is 10.2 Å². The van der Waals surface area contributed by atoms with Crippen LogP contribution in [0.4, 0.5) is 0 Å². The van der Waals surface area contributed by atoms with E-state index in [1.54, 1.807) is 17.4 Å². The number of fused-ring (bicyclic) bond motifs is 1. The molecule has 1 heterocycles. The molecule has 1 aromatic heterocycles. The minimum Gasteiger partial charge on any atom is -0.348 e. The summed E-state index contributed by atoms with van der Waals surface area (Å²) in [6, 6.07) is 24.7. The summed E-state index contributed by atoms with van der Waals surface area (Å²) in [5.41, 5.74) is 5.50. The van der Waals surface area contributed by atoms with E-state index in [4.69, 9.17) is 4.98 Å². The van der Waals surface area contributed by atoms with Crippen LogP contribution in [0.1, 0.15) is 36.5 Å². The molecule has 4 aromatic rings. The number of nitrogens with one attached hydrogen (secondary N) is 1. The summed E-state index contributed by atoms with van der Waals surface area (Å²) >= 11 is 1.69. The van der Waals surface area contributed by atoms with Crippen LogP contribution in [0.15, 0.2) is 78.9 Å². The molecule has 0 spiro atoms. The number of benzene rings is 3. The van der Waals surface area contributed by atoms with Gasteiger partial charge in [-0.3, -0.25) is 4.79 Å². The van der Waals surface area contributed by atoms with Crippen molar-refractivity contribution in [1.82, 2.24) is 10.3 Å². The summed E-state index contributed by atoms with van der Waals surface area (Å²) in [7, 11) is 0. The van der Waals surface area contributed by atoms with Crippen molar-refractivity contribution in [2.75, 3.05) is 0 Å². The van der Waals surface area contributed by atoms with Crippen molar-refractivity contribution in [3.63, 3.8) is 0 Å². The Morgan fingerprint density at radius 3 is 2.43 bits per heavy atom. The van der Waals surface area contributed by atoms with Gasteiger partial charge in [-0.2, -0.15) is 0 Å². The number of para-hydroxylation sites is 1. The topological polar surface area (TPSA) is 42.0 Å². The fraction of sp³-hybridized carbons (Fsp3) is 0.154. The van der Waals surface area contributed by atoms with Crippen LogP contribution in [0, 0.1) is 0 Å². The third-order valence-corrected chi connectivity index (χ3v) is 6.08. The highest BCUT2D eigenvalue weighted by Crippen LogP contribution is 2.30. The maximum absolute atomic E-state index is 12.1. The lowest BCUT2D eigenvalue weighted by Crippen LogP contribution is -2.20. The number of carbonyl (C=O) groups excluding carboxylic acids is 1. The van der Waals surface area contributed by atoms with Crippen molar-refractivity contribution in [2.45, 2.75) is 26.3 Å². The van der Waals surface area contributed by atoms with Gasteiger partial charge in [0, 0.05) is 18.2 Å². The molecule has 3 aromatic carbocycles. The van der Waals surface area contributed by atoms with Crippen molar-refractivity contribution in [3.05, 3.63) is 95.6 Å². The van der Waals surface area contributed by atoms with E-state index in [-0.39, 0.29) is 5.91 Å². The Hall–Kier alpha value is -3.24. The van der Waals surface area contributed by atoms with Gasteiger partial charge in [0.25, 0.3) is 0 Å². The molecule has 0 bridgehead atoms. The van der Waals surface area contributed by atoms with Crippen LogP contribution in [0.5, 0.6) is 0 Å². The van der Waals surface area contributed by atoms with E-state index in [1.165, 1.54) is 10.3 Å². The van der Waals surface area contributed by atoms with Gasteiger partial charge in [0.15, 0.2) is 0 Å². The number of hydrogen-bond donors (Lipinski definition) is 1. The normalized spacial score (nSPS) is 11.4. The first-order valence-electron chi connectivity index (χ1n) is 10.1. The first-order valence-corrected chi connectivity index (χ1v) is 10.9. The Labute approximate surface area is 181 Å². The molecule has 0 radical (unpaired) electrons. The fourth-order valence-corrected chi connectivity index (χ4v) is 4.14. The molecule has 0 fully saturated rings. The summed E-state index contributed by atoms with van der Waals surface area (Å²) in [5.74, 6) is 0.408. The molecule has 1 amide bonds. The molecule has 4 heteroatoms. The number of aromatic nitrogens is 1. The van der Waals surface area contributed by atoms with Gasteiger partial charge in [-0.05, 0) is 40.8 Å². The smallest absolute Gasteiger partial charge is 0.244 e. The van der Waals surface area contributed by atoms with E-state index in [0.29, 0.717) is 12.5 Å². The van der Waals surface area contributed by atoms with Crippen LogP contribution in [0.3, 0.4) is 0 Å². The predicted octanol–water partition coefficient (Wildman–Crippen LogP) is 6.42. The molecule has 0 aliphatic carbocycles. The van der Waals surface area contributed by atoms with E-state index in [1.807, 2.05) is 48.5 Å². The first-order chi connectivity index (χ1) is 14.6. The van der Waals surface area contributed by atoms with Gasteiger partial charge in [-0.1, -0.05) is 74.5 Å². The van der Waals surface area contributed by atoms with Gasteiger partial charge >= 0.3 is 0 Å².